The lowest BCUT2D eigenvalue weighted by Gasteiger charge is -2.42. The molecule has 0 aromatic heterocycles. The number of rotatable bonds is 4. The SMILES string of the molecule is CC(Cc1ccccc1)NC1CC2CC=CC21. The van der Waals surface area contributed by atoms with Crippen LogP contribution in [0, 0.1) is 11.8 Å². The largest absolute Gasteiger partial charge is 0.311 e. The second-order valence-corrected chi connectivity index (χ2v) is 5.60. The van der Waals surface area contributed by atoms with Crippen molar-refractivity contribution < 1.29 is 0 Å². The van der Waals surface area contributed by atoms with Crippen molar-refractivity contribution in [2.75, 3.05) is 0 Å². The van der Waals surface area contributed by atoms with Crippen LogP contribution in [0.15, 0.2) is 42.5 Å². The van der Waals surface area contributed by atoms with Gasteiger partial charge in [0.15, 0.2) is 0 Å². The van der Waals surface area contributed by atoms with Gasteiger partial charge >= 0.3 is 0 Å². The summed E-state index contributed by atoms with van der Waals surface area (Å²) in [7, 11) is 0. The minimum Gasteiger partial charge on any atom is -0.311 e. The Balaban J connectivity index is 1.51. The van der Waals surface area contributed by atoms with Crippen molar-refractivity contribution in [3.05, 3.63) is 48.0 Å². The first-order chi connectivity index (χ1) is 8.33. The Bertz CT molecular complexity index is 395. The summed E-state index contributed by atoms with van der Waals surface area (Å²) in [4.78, 5) is 0. The van der Waals surface area contributed by atoms with Crippen molar-refractivity contribution in [1.82, 2.24) is 5.32 Å². The van der Waals surface area contributed by atoms with E-state index in [0.29, 0.717) is 6.04 Å². The van der Waals surface area contributed by atoms with E-state index in [9.17, 15) is 0 Å². The summed E-state index contributed by atoms with van der Waals surface area (Å²) in [6.45, 7) is 2.30. The van der Waals surface area contributed by atoms with E-state index in [2.05, 4.69) is 54.7 Å². The average molecular weight is 227 g/mol. The number of benzene rings is 1. The highest BCUT2D eigenvalue weighted by molar-refractivity contribution is 5.17. The first-order valence-electron chi connectivity index (χ1n) is 6.79. The fraction of sp³-hybridized carbons (Fsp3) is 0.500. The minimum absolute atomic E-state index is 0.581. The molecule has 1 aromatic rings. The van der Waals surface area contributed by atoms with Crippen LogP contribution in [-0.2, 0) is 6.42 Å². The van der Waals surface area contributed by atoms with Gasteiger partial charge in [-0.3, -0.25) is 0 Å². The van der Waals surface area contributed by atoms with Gasteiger partial charge in [0, 0.05) is 12.1 Å². The standard InChI is InChI=1S/C16H21N/c1-12(10-13-6-3-2-4-7-13)17-16-11-14-8-5-9-15(14)16/h2-7,9,12,14-17H,8,10-11H2,1H3. The maximum Gasteiger partial charge on any atom is 0.0138 e. The highest BCUT2D eigenvalue weighted by Gasteiger charge is 2.41. The zero-order chi connectivity index (χ0) is 11.7. The monoisotopic (exact) mass is 227 g/mol. The topological polar surface area (TPSA) is 12.0 Å². The van der Waals surface area contributed by atoms with E-state index < -0.39 is 0 Å². The van der Waals surface area contributed by atoms with Crippen molar-refractivity contribution in [1.29, 1.82) is 0 Å². The minimum atomic E-state index is 0.581. The van der Waals surface area contributed by atoms with E-state index in [0.717, 1.165) is 24.3 Å². The van der Waals surface area contributed by atoms with Gasteiger partial charge in [0.2, 0.25) is 0 Å². The van der Waals surface area contributed by atoms with E-state index in [1.807, 2.05) is 0 Å². The van der Waals surface area contributed by atoms with Crippen LogP contribution in [-0.4, -0.2) is 12.1 Å². The molecule has 0 aliphatic heterocycles. The van der Waals surface area contributed by atoms with E-state index in [1.165, 1.54) is 18.4 Å². The van der Waals surface area contributed by atoms with Gasteiger partial charge in [0.25, 0.3) is 0 Å². The molecule has 1 heteroatoms. The predicted molar refractivity (Wildman–Crippen MR) is 71.9 cm³/mol. The Kier molecular flexibility index (Phi) is 3.02. The highest BCUT2D eigenvalue weighted by atomic mass is 15.0. The van der Waals surface area contributed by atoms with Gasteiger partial charge in [-0.15, -0.1) is 0 Å². The first-order valence-corrected chi connectivity index (χ1v) is 6.79. The van der Waals surface area contributed by atoms with Gasteiger partial charge in [-0.25, -0.2) is 0 Å². The van der Waals surface area contributed by atoms with E-state index in [4.69, 9.17) is 0 Å². The molecule has 4 unspecified atom stereocenters. The molecule has 0 radical (unpaired) electrons. The Morgan fingerprint density at radius 3 is 2.88 bits per heavy atom. The van der Waals surface area contributed by atoms with E-state index in [1.54, 1.807) is 0 Å². The molecule has 0 amide bonds. The Hall–Kier alpha value is -1.08. The predicted octanol–water partition coefficient (Wildman–Crippen LogP) is 3.17. The first kappa shape index (κ1) is 11.0. The second kappa shape index (κ2) is 4.66. The van der Waals surface area contributed by atoms with Crippen LogP contribution in [0.25, 0.3) is 0 Å². The summed E-state index contributed by atoms with van der Waals surface area (Å²) in [6, 6.07) is 12.1. The van der Waals surface area contributed by atoms with Gasteiger partial charge in [-0.1, -0.05) is 42.5 Å². The van der Waals surface area contributed by atoms with Gasteiger partial charge in [-0.2, -0.15) is 0 Å². The fourth-order valence-corrected chi connectivity index (χ4v) is 3.30. The van der Waals surface area contributed by atoms with Crippen LogP contribution in [0.2, 0.25) is 0 Å². The maximum absolute atomic E-state index is 3.78. The van der Waals surface area contributed by atoms with Crippen molar-refractivity contribution >= 4 is 0 Å². The molecule has 2 aliphatic carbocycles. The number of fused-ring (bicyclic) bond motifs is 1. The molecule has 1 nitrogen and oxygen atoms in total. The van der Waals surface area contributed by atoms with Crippen molar-refractivity contribution in [3.63, 3.8) is 0 Å². The third-order valence-electron chi connectivity index (χ3n) is 4.25. The van der Waals surface area contributed by atoms with Gasteiger partial charge in [0.1, 0.15) is 0 Å². The molecule has 4 atom stereocenters. The van der Waals surface area contributed by atoms with E-state index in [-0.39, 0.29) is 0 Å². The molecule has 0 saturated heterocycles. The molecular weight excluding hydrogens is 206 g/mol. The van der Waals surface area contributed by atoms with Crippen LogP contribution in [0.5, 0.6) is 0 Å². The number of hydrogen-bond acceptors (Lipinski definition) is 1. The van der Waals surface area contributed by atoms with Crippen molar-refractivity contribution in [2.24, 2.45) is 11.8 Å². The molecule has 2 aliphatic rings. The highest BCUT2D eigenvalue weighted by Crippen LogP contribution is 2.42. The molecule has 0 heterocycles. The smallest absolute Gasteiger partial charge is 0.0138 e. The molecule has 1 N–H and O–H groups in total. The van der Waals surface area contributed by atoms with Crippen LogP contribution < -0.4 is 5.32 Å². The summed E-state index contributed by atoms with van der Waals surface area (Å²) in [5.41, 5.74) is 1.44. The van der Waals surface area contributed by atoms with Crippen LogP contribution in [0.4, 0.5) is 0 Å². The van der Waals surface area contributed by atoms with Gasteiger partial charge in [0.05, 0.1) is 0 Å². The molecule has 1 saturated carbocycles. The molecule has 1 fully saturated rings. The van der Waals surface area contributed by atoms with Gasteiger partial charge in [-0.05, 0) is 43.6 Å². The Morgan fingerprint density at radius 1 is 1.29 bits per heavy atom. The lowest BCUT2D eigenvalue weighted by atomic mass is 9.71. The molecule has 90 valence electrons. The summed E-state index contributed by atoms with van der Waals surface area (Å²) in [5.74, 6) is 1.78. The zero-order valence-electron chi connectivity index (χ0n) is 10.5. The third-order valence-corrected chi connectivity index (χ3v) is 4.25. The third kappa shape index (κ3) is 2.30. The summed E-state index contributed by atoms with van der Waals surface area (Å²) < 4.78 is 0. The molecule has 1 aromatic carbocycles. The normalized spacial score (nSPS) is 31.9. The number of nitrogens with one attached hydrogen (secondary N) is 1. The maximum atomic E-state index is 3.78. The lowest BCUT2D eigenvalue weighted by Crippen LogP contribution is -2.51. The van der Waals surface area contributed by atoms with Crippen LogP contribution in [0.3, 0.4) is 0 Å². The van der Waals surface area contributed by atoms with Crippen molar-refractivity contribution in [2.45, 2.75) is 38.3 Å². The summed E-state index contributed by atoms with van der Waals surface area (Å²) in [6.07, 6.45) is 8.60. The molecular formula is C16H21N. The van der Waals surface area contributed by atoms with Gasteiger partial charge < -0.3 is 5.32 Å². The number of hydrogen-bond donors (Lipinski definition) is 1. The lowest BCUT2D eigenvalue weighted by molar-refractivity contribution is 0.152. The average Bonchev–Trinajstić information content (AvgIpc) is 2.69. The van der Waals surface area contributed by atoms with E-state index >= 15 is 0 Å². The molecule has 0 bridgehead atoms. The molecule has 3 rings (SSSR count). The summed E-state index contributed by atoms with van der Waals surface area (Å²) in [5, 5.41) is 3.78. The van der Waals surface area contributed by atoms with Crippen LogP contribution >= 0.6 is 0 Å². The van der Waals surface area contributed by atoms with Crippen molar-refractivity contribution in [3.8, 4) is 0 Å². The number of allylic oxidation sites excluding steroid dienone is 1. The Morgan fingerprint density at radius 2 is 2.12 bits per heavy atom. The summed E-state index contributed by atoms with van der Waals surface area (Å²) >= 11 is 0. The zero-order valence-corrected chi connectivity index (χ0v) is 10.5. The molecule has 17 heavy (non-hydrogen) atoms. The quantitative estimate of drug-likeness (QED) is 0.779. The van der Waals surface area contributed by atoms with Crippen LogP contribution in [0.1, 0.15) is 25.3 Å². The fourth-order valence-electron chi connectivity index (χ4n) is 3.30. The Labute approximate surface area is 104 Å². The second-order valence-electron chi connectivity index (χ2n) is 5.60. The molecule has 0 spiro atoms.